The minimum atomic E-state index is -0.846. The molecule has 0 saturated carbocycles. The maximum atomic E-state index is 13.1. The van der Waals surface area contributed by atoms with Gasteiger partial charge < -0.3 is 31.9 Å². The summed E-state index contributed by atoms with van der Waals surface area (Å²) in [5, 5.41) is 21.4. The molecule has 8 N–H and O–H groups in total. The largest absolute Gasteiger partial charge is 0.355 e. The number of unbranched alkanes of at least 4 members (excludes halogenated alkanes) is 3. The lowest BCUT2D eigenvalue weighted by Crippen LogP contribution is -2.52. The molecule has 0 bridgehead atoms. The summed E-state index contributed by atoms with van der Waals surface area (Å²) in [6.45, 7) is 2.15. The van der Waals surface area contributed by atoms with Gasteiger partial charge in [-0.15, -0.1) is 0 Å². The maximum Gasteiger partial charge on any atom is 0.242 e. The molecule has 44 heavy (non-hydrogen) atoms. The van der Waals surface area contributed by atoms with Crippen molar-refractivity contribution in [1.82, 2.24) is 42.5 Å². The van der Waals surface area contributed by atoms with Crippen LogP contribution in [-0.2, 0) is 25.7 Å². The van der Waals surface area contributed by atoms with Crippen molar-refractivity contribution in [1.29, 1.82) is 0 Å². The SMILES string of the molecule is [CH]NCCCC[C@H](N[CH])C(=O)NCCCC[C@H](NC(=O)[C@H](CCCCN[CH])N[CH])C(=O)NCCC(=O)NCc1ccccc1. The molecule has 12 nitrogen and oxygen atoms in total. The molecule has 12 heteroatoms. The van der Waals surface area contributed by atoms with E-state index in [0.29, 0.717) is 64.7 Å². The summed E-state index contributed by atoms with van der Waals surface area (Å²) >= 11 is 0. The molecule has 242 valence electrons. The Bertz CT molecular complexity index is 934. The summed E-state index contributed by atoms with van der Waals surface area (Å²) in [6, 6.07) is 7.46. The summed E-state index contributed by atoms with van der Waals surface area (Å²) in [5.74, 6) is -1.21. The number of carbonyl (C=O) groups is 4. The fourth-order valence-electron chi connectivity index (χ4n) is 4.39. The van der Waals surface area contributed by atoms with E-state index in [4.69, 9.17) is 28.2 Å². The van der Waals surface area contributed by atoms with Gasteiger partial charge in [0.15, 0.2) is 0 Å². The van der Waals surface area contributed by atoms with Crippen molar-refractivity contribution in [2.75, 3.05) is 26.2 Å². The van der Waals surface area contributed by atoms with Gasteiger partial charge in [-0.3, -0.25) is 29.8 Å². The molecule has 0 saturated heterocycles. The number of hydrogen-bond acceptors (Lipinski definition) is 8. The fourth-order valence-corrected chi connectivity index (χ4v) is 4.39. The molecule has 0 fully saturated rings. The molecular formula is C32H50N8O4. The quantitative estimate of drug-likeness (QED) is 0.0561. The lowest BCUT2D eigenvalue weighted by molar-refractivity contribution is -0.130. The zero-order chi connectivity index (χ0) is 32.4. The first-order valence-electron chi connectivity index (χ1n) is 15.3. The second-order valence-electron chi connectivity index (χ2n) is 10.5. The Morgan fingerprint density at radius 1 is 0.568 bits per heavy atom. The summed E-state index contributed by atoms with van der Waals surface area (Å²) in [7, 11) is 21.7. The van der Waals surface area contributed by atoms with Gasteiger partial charge >= 0.3 is 0 Å². The Hall–Kier alpha value is -3.06. The van der Waals surface area contributed by atoms with Gasteiger partial charge in [0.25, 0.3) is 0 Å². The Kier molecular flexibility index (Phi) is 22.4. The van der Waals surface area contributed by atoms with Gasteiger partial charge in [0.05, 0.1) is 12.1 Å². The van der Waals surface area contributed by atoms with Crippen LogP contribution in [0.3, 0.4) is 0 Å². The minimum Gasteiger partial charge on any atom is -0.355 e. The Morgan fingerprint density at radius 2 is 1.07 bits per heavy atom. The highest BCUT2D eigenvalue weighted by Crippen LogP contribution is 2.06. The van der Waals surface area contributed by atoms with Gasteiger partial charge in [-0.25, -0.2) is 0 Å². The van der Waals surface area contributed by atoms with Crippen molar-refractivity contribution in [3.05, 3.63) is 64.1 Å². The lowest BCUT2D eigenvalue weighted by atomic mass is 10.1. The highest BCUT2D eigenvalue weighted by molar-refractivity contribution is 5.90. The van der Waals surface area contributed by atoms with Crippen LogP contribution in [0.2, 0.25) is 0 Å². The van der Waals surface area contributed by atoms with Crippen molar-refractivity contribution in [2.24, 2.45) is 0 Å². The molecule has 0 aliphatic carbocycles. The van der Waals surface area contributed by atoms with E-state index in [9.17, 15) is 19.2 Å². The van der Waals surface area contributed by atoms with Gasteiger partial charge in [0.1, 0.15) is 6.04 Å². The third-order valence-corrected chi connectivity index (χ3v) is 7.00. The van der Waals surface area contributed by atoms with Crippen molar-refractivity contribution in [3.63, 3.8) is 0 Å². The van der Waals surface area contributed by atoms with Crippen molar-refractivity contribution in [3.8, 4) is 0 Å². The van der Waals surface area contributed by atoms with Crippen LogP contribution < -0.4 is 42.5 Å². The van der Waals surface area contributed by atoms with Crippen LogP contribution in [0.4, 0.5) is 0 Å². The minimum absolute atomic E-state index is 0.0898. The average Bonchev–Trinajstić information content (AvgIpc) is 3.03. The smallest absolute Gasteiger partial charge is 0.242 e. The van der Waals surface area contributed by atoms with Crippen molar-refractivity contribution in [2.45, 2.75) is 88.9 Å². The summed E-state index contributed by atoms with van der Waals surface area (Å²) in [5.41, 5.74) is 0.973. The standard InChI is InChI=1S/C32H50N8O4/c1-33-20-11-8-16-26(35-3)30(42)37-22-13-10-18-28(40-32(44)27(36-4)17-9-12-21-34-2)31(43)38-23-19-29(41)39-24-25-14-6-5-7-15-25/h1-7,14-15,26-28,33-36H,8-13,16-24H2,(H,37,42)(H,38,43)(H,39,41)(H,40,44)/t26-,27-,28-/m0/s1. The van der Waals surface area contributed by atoms with Crippen LogP contribution in [0, 0.1) is 28.2 Å². The molecule has 1 aromatic rings. The monoisotopic (exact) mass is 610 g/mol. The molecule has 1 aromatic carbocycles. The van der Waals surface area contributed by atoms with Gasteiger partial charge in [-0.1, -0.05) is 43.2 Å². The van der Waals surface area contributed by atoms with E-state index < -0.39 is 29.9 Å². The van der Waals surface area contributed by atoms with Gasteiger partial charge in [-0.05, 0) is 63.6 Å². The Balaban J connectivity index is 2.60. The number of carbonyl (C=O) groups excluding carboxylic acids is 4. The number of nitrogens with one attached hydrogen (secondary N) is 8. The second-order valence-corrected chi connectivity index (χ2v) is 10.5. The van der Waals surface area contributed by atoms with E-state index in [0.717, 1.165) is 24.8 Å². The summed E-state index contributed by atoms with van der Waals surface area (Å²) in [6.07, 6.45) is 5.63. The first-order chi connectivity index (χ1) is 21.4. The number of hydrogen-bond donors (Lipinski definition) is 8. The van der Waals surface area contributed by atoms with Crippen molar-refractivity contribution >= 4 is 23.6 Å². The predicted molar refractivity (Wildman–Crippen MR) is 169 cm³/mol. The molecule has 3 atom stereocenters. The molecule has 0 aliphatic heterocycles. The van der Waals surface area contributed by atoms with E-state index >= 15 is 0 Å². The molecule has 0 aliphatic rings. The van der Waals surface area contributed by atoms with E-state index in [1.54, 1.807) is 0 Å². The van der Waals surface area contributed by atoms with Crippen LogP contribution in [0.5, 0.6) is 0 Å². The van der Waals surface area contributed by atoms with Gasteiger partial charge in [0.2, 0.25) is 23.6 Å². The van der Waals surface area contributed by atoms with Crippen LogP contribution >= 0.6 is 0 Å². The van der Waals surface area contributed by atoms with Crippen LogP contribution in [0.15, 0.2) is 30.3 Å². The van der Waals surface area contributed by atoms with E-state index in [2.05, 4.69) is 42.5 Å². The molecule has 8 radical (unpaired) electrons. The summed E-state index contributed by atoms with van der Waals surface area (Å²) in [4.78, 5) is 50.7. The summed E-state index contributed by atoms with van der Waals surface area (Å²) < 4.78 is 0. The Labute approximate surface area is 264 Å². The fraction of sp³-hybridized carbons (Fsp3) is 0.562. The van der Waals surface area contributed by atoms with Gasteiger partial charge in [-0.2, -0.15) is 0 Å². The topological polar surface area (TPSA) is 165 Å². The highest BCUT2D eigenvalue weighted by Gasteiger charge is 2.24. The average molecular weight is 611 g/mol. The van der Waals surface area contributed by atoms with E-state index in [1.807, 2.05) is 30.3 Å². The predicted octanol–water partition coefficient (Wildman–Crippen LogP) is 0.691. The number of rotatable bonds is 26. The number of benzene rings is 1. The molecule has 0 heterocycles. The maximum absolute atomic E-state index is 13.1. The normalized spacial score (nSPS) is 13.0. The van der Waals surface area contributed by atoms with E-state index in [1.165, 1.54) is 0 Å². The third-order valence-electron chi connectivity index (χ3n) is 7.00. The van der Waals surface area contributed by atoms with Crippen molar-refractivity contribution < 1.29 is 19.2 Å². The molecule has 0 unspecified atom stereocenters. The first kappa shape index (κ1) is 39.0. The second kappa shape index (κ2) is 25.3. The van der Waals surface area contributed by atoms with Gasteiger partial charge in [0, 0.05) is 54.2 Å². The Morgan fingerprint density at radius 3 is 1.64 bits per heavy atom. The van der Waals surface area contributed by atoms with Crippen LogP contribution in [0.25, 0.3) is 0 Å². The molecular weight excluding hydrogens is 560 g/mol. The molecule has 0 spiro atoms. The molecule has 0 aromatic heterocycles. The zero-order valence-electron chi connectivity index (χ0n) is 25.7. The number of amides is 4. The first-order valence-corrected chi connectivity index (χ1v) is 15.3. The van der Waals surface area contributed by atoms with Crippen LogP contribution in [0.1, 0.15) is 69.8 Å². The molecule has 4 amide bonds. The molecule has 1 rings (SSSR count). The van der Waals surface area contributed by atoms with E-state index in [-0.39, 0.29) is 24.8 Å². The zero-order valence-corrected chi connectivity index (χ0v) is 25.7. The lowest BCUT2D eigenvalue weighted by Gasteiger charge is -2.22. The highest BCUT2D eigenvalue weighted by atomic mass is 16.2. The van der Waals surface area contributed by atoms with Crippen LogP contribution in [-0.4, -0.2) is 67.9 Å². The third kappa shape index (κ3) is 17.9.